The van der Waals surface area contributed by atoms with Crippen molar-refractivity contribution in [3.05, 3.63) is 35.4 Å². The van der Waals surface area contributed by atoms with Crippen LogP contribution >= 0.6 is 0 Å². The molecule has 0 bridgehead atoms. The minimum Gasteiger partial charge on any atom is -0.480 e. The van der Waals surface area contributed by atoms with Crippen LogP contribution in [0.4, 0.5) is 4.79 Å². The van der Waals surface area contributed by atoms with Crippen molar-refractivity contribution in [3.8, 4) is 0 Å². The first-order chi connectivity index (χ1) is 9.43. The van der Waals surface area contributed by atoms with Crippen molar-refractivity contribution in [3.63, 3.8) is 0 Å². The number of carbonyl (C=O) groups is 2. The Bertz CT molecular complexity index is 457. The van der Waals surface area contributed by atoms with E-state index in [1.807, 2.05) is 24.3 Å². The summed E-state index contributed by atoms with van der Waals surface area (Å²) in [5.41, 5.74) is 2.12. The van der Waals surface area contributed by atoms with Gasteiger partial charge in [0, 0.05) is 6.54 Å². The number of hydrogen-bond donors (Lipinski definition) is 4. The first-order valence-corrected chi connectivity index (χ1v) is 6.47. The van der Waals surface area contributed by atoms with Gasteiger partial charge in [0.1, 0.15) is 0 Å². The SMILES string of the molecule is CCc1ccc(CNC(=O)NC(C(=O)O)C(C)O)cc1. The van der Waals surface area contributed by atoms with E-state index in [4.69, 9.17) is 5.11 Å². The van der Waals surface area contributed by atoms with E-state index < -0.39 is 24.1 Å². The van der Waals surface area contributed by atoms with Gasteiger partial charge in [0.2, 0.25) is 0 Å². The molecule has 6 heteroatoms. The average Bonchev–Trinajstić information content (AvgIpc) is 2.42. The molecule has 0 aliphatic carbocycles. The van der Waals surface area contributed by atoms with Crippen molar-refractivity contribution in [2.24, 2.45) is 0 Å². The summed E-state index contributed by atoms with van der Waals surface area (Å²) in [5.74, 6) is -1.28. The van der Waals surface area contributed by atoms with E-state index in [1.165, 1.54) is 12.5 Å². The lowest BCUT2D eigenvalue weighted by molar-refractivity contribution is -0.141. The van der Waals surface area contributed by atoms with Crippen LogP contribution in [0, 0.1) is 0 Å². The van der Waals surface area contributed by atoms with Gasteiger partial charge in [-0.1, -0.05) is 31.2 Å². The number of benzene rings is 1. The number of amides is 2. The number of carboxylic acid groups (broad SMARTS) is 1. The molecule has 1 rings (SSSR count). The van der Waals surface area contributed by atoms with E-state index >= 15 is 0 Å². The Hall–Kier alpha value is -2.08. The maximum absolute atomic E-state index is 11.6. The number of aryl methyl sites for hydroxylation is 1. The van der Waals surface area contributed by atoms with Crippen LogP contribution in [0.1, 0.15) is 25.0 Å². The van der Waals surface area contributed by atoms with Gasteiger partial charge in [-0.25, -0.2) is 9.59 Å². The molecule has 0 saturated carbocycles. The van der Waals surface area contributed by atoms with Crippen molar-refractivity contribution in [1.29, 1.82) is 0 Å². The fourth-order valence-electron chi connectivity index (χ4n) is 1.66. The molecule has 2 unspecified atom stereocenters. The molecule has 0 spiro atoms. The highest BCUT2D eigenvalue weighted by Gasteiger charge is 2.24. The average molecular weight is 280 g/mol. The Labute approximate surface area is 117 Å². The third-order valence-corrected chi connectivity index (χ3v) is 2.92. The Morgan fingerprint density at radius 1 is 1.20 bits per heavy atom. The molecular weight excluding hydrogens is 260 g/mol. The van der Waals surface area contributed by atoms with Crippen molar-refractivity contribution >= 4 is 12.0 Å². The van der Waals surface area contributed by atoms with Crippen LogP contribution in [-0.4, -0.2) is 34.4 Å². The molecule has 0 aliphatic heterocycles. The monoisotopic (exact) mass is 280 g/mol. The number of urea groups is 1. The van der Waals surface area contributed by atoms with E-state index in [2.05, 4.69) is 17.6 Å². The molecule has 2 amide bonds. The van der Waals surface area contributed by atoms with Crippen LogP contribution in [0.3, 0.4) is 0 Å². The topological polar surface area (TPSA) is 98.7 Å². The van der Waals surface area contributed by atoms with Crippen LogP contribution in [0.5, 0.6) is 0 Å². The van der Waals surface area contributed by atoms with Crippen molar-refractivity contribution in [2.75, 3.05) is 0 Å². The molecule has 0 fully saturated rings. The molecule has 1 aromatic carbocycles. The number of hydrogen-bond acceptors (Lipinski definition) is 3. The third kappa shape index (κ3) is 4.89. The molecule has 110 valence electrons. The maximum Gasteiger partial charge on any atom is 0.328 e. The van der Waals surface area contributed by atoms with Gasteiger partial charge in [0.25, 0.3) is 0 Å². The summed E-state index contributed by atoms with van der Waals surface area (Å²) < 4.78 is 0. The van der Waals surface area contributed by atoms with Gasteiger partial charge in [-0.2, -0.15) is 0 Å². The van der Waals surface area contributed by atoms with Gasteiger partial charge < -0.3 is 20.8 Å². The Morgan fingerprint density at radius 3 is 2.20 bits per heavy atom. The summed E-state index contributed by atoms with van der Waals surface area (Å²) in [7, 11) is 0. The van der Waals surface area contributed by atoms with Gasteiger partial charge in [-0.15, -0.1) is 0 Å². The van der Waals surface area contributed by atoms with Gasteiger partial charge >= 0.3 is 12.0 Å². The molecule has 2 atom stereocenters. The highest BCUT2D eigenvalue weighted by atomic mass is 16.4. The quantitative estimate of drug-likeness (QED) is 0.621. The summed E-state index contributed by atoms with van der Waals surface area (Å²) in [6, 6.07) is 5.82. The van der Waals surface area contributed by atoms with Crippen LogP contribution in [-0.2, 0) is 17.8 Å². The Morgan fingerprint density at radius 2 is 1.75 bits per heavy atom. The second kappa shape index (κ2) is 7.49. The van der Waals surface area contributed by atoms with E-state index in [0.29, 0.717) is 6.54 Å². The van der Waals surface area contributed by atoms with Crippen molar-refractivity contribution in [1.82, 2.24) is 10.6 Å². The zero-order valence-corrected chi connectivity index (χ0v) is 11.6. The Kier molecular flexibility index (Phi) is 5.99. The van der Waals surface area contributed by atoms with E-state index in [1.54, 1.807) is 0 Å². The minimum atomic E-state index is -1.32. The lowest BCUT2D eigenvalue weighted by Crippen LogP contribution is -2.50. The zero-order valence-electron chi connectivity index (χ0n) is 11.6. The van der Waals surface area contributed by atoms with E-state index in [9.17, 15) is 14.7 Å². The second-order valence-electron chi connectivity index (χ2n) is 4.55. The number of carbonyl (C=O) groups excluding carboxylic acids is 1. The summed E-state index contributed by atoms with van der Waals surface area (Å²) in [4.78, 5) is 22.4. The molecule has 20 heavy (non-hydrogen) atoms. The number of aliphatic carboxylic acids is 1. The molecule has 6 nitrogen and oxygen atoms in total. The van der Waals surface area contributed by atoms with Gasteiger partial charge in [-0.05, 0) is 24.5 Å². The number of carboxylic acids is 1. The third-order valence-electron chi connectivity index (χ3n) is 2.92. The van der Waals surface area contributed by atoms with Crippen molar-refractivity contribution < 1.29 is 19.8 Å². The molecule has 0 aromatic heterocycles. The van der Waals surface area contributed by atoms with Gasteiger partial charge in [0.15, 0.2) is 6.04 Å². The zero-order chi connectivity index (χ0) is 15.1. The normalized spacial score (nSPS) is 13.3. The summed E-state index contributed by atoms with van der Waals surface area (Å²) in [6.45, 7) is 3.66. The first kappa shape index (κ1) is 16.0. The molecule has 4 N–H and O–H groups in total. The van der Waals surface area contributed by atoms with E-state index in [0.717, 1.165) is 12.0 Å². The fraction of sp³-hybridized carbons (Fsp3) is 0.429. The van der Waals surface area contributed by atoms with E-state index in [-0.39, 0.29) is 0 Å². The molecule has 0 heterocycles. The molecule has 0 radical (unpaired) electrons. The number of nitrogens with one attached hydrogen (secondary N) is 2. The predicted molar refractivity (Wildman–Crippen MR) is 74.3 cm³/mol. The fourth-order valence-corrected chi connectivity index (χ4v) is 1.66. The standard InChI is InChI=1S/C14H20N2O4/c1-3-10-4-6-11(7-5-10)8-15-14(20)16-12(9(2)17)13(18)19/h4-7,9,12,17H,3,8H2,1-2H3,(H,18,19)(H2,15,16,20). The molecule has 0 aliphatic rings. The molecular formula is C14H20N2O4. The minimum absolute atomic E-state index is 0.294. The van der Waals surface area contributed by atoms with Crippen molar-refractivity contribution in [2.45, 2.75) is 39.0 Å². The summed E-state index contributed by atoms with van der Waals surface area (Å²) >= 11 is 0. The van der Waals surface area contributed by atoms with Gasteiger partial charge in [-0.3, -0.25) is 0 Å². The predicted octanol–water partition coefficient (Wildman–Crippen LogP) is 0.882. The molecule has 1 aromatic rings. The smallest absolute Gasteiger partial charge is 0.328 e. The lowest BCUT2D eigenvalue weighted by atomic mass is 10.1. The maximum atomic E-state index is 11.6. The van der Waals surface area contributed by atoms with Crippen LogP contribution in [0.2, 0.25) is 0 Å². The molecule has 0 saturated heterocycles. The highest BCUT2D eigenvalue weighted by molar-refractivity contribution is 5.82. The highest BCUT2D eigenvalue weighted by Crippen LogP contribution is 2.04. The summed E-state index contributed by atoms with van der Waals surface area (Å²) in [6.07, 6.45) is -0.217. The number of rotatable bonds is 6. The first-order valence-electron chi connectivity index (χ1n) is 6.47. The number of aliphatic hydroxyl groups excluding tert-OH is 1. The largest absolute Gasteiger partial charge is 0.480 e. The Balaban J connectivity index is 2.47. The van der Waals surface area contributed by atoms with Crippen LogP contribution < -0.4 is 10.6 Å². The van der Waals surface area contributed by atoms with Crippen LogP contribution in [0.15, 0.2) is 24.3 Å². The lowest BCUT2D eigenvalue weighted by Gasteiger charge is -2.17. The number of aliphatic hydroxyl groups is 1. The summed E-state index contributed by atoms with van der Waals surface area (Å²) in [5, 5.41) is 22.8. The second-order valence-corrected chi connectivity index (χ2v) is 4.55. The van der Waals surface area contributed by atoms with Crippen LogP contribution in [0.25, 0.3) is 0 Å². The van der Waals surface area contributed by atoms with Gasteiger partial charge in [0.05, 0.1) is 6.10 Å².